The molecule has 0 saturated carbocycles. The number of nitrogens with zero attached hydrogens (tertiary/aromatic N) is 3. The highest BCUT2D eigenvalue weighted by atomic mass is 15.1. The number of likely N-dealkylation sites (N-methyl/N-ethyl adjacent to an activating group) is 1. The van der Waals surface area contributed by atoms with E-state index in [4.69, 9.17) is 5.26 Å². The molecule has 0 unspecified atom stereocenters. The minimum Gasteiger partial charge on any atom is -0.311 e. The topological polar surface area (TPSA) is 52.0 Å². The Hall–Kier alpha value is -1.44. The highest BCUT2D eigenvalue weighted by Gasteiger charge is 2.01. The van der Waals surface area contributed by atoms with Crippen LogP contribution in [-0.2, 0) is 6.54 Å². The highest BCUT2D eigenvalue weighted by Crippen LogP contribution is 2.02. The van der Waals surface area contributed by atoms with Crippen LogP contribution in [-0.4, -0.2) is 36.6 Å². The van der Waals surface area contributed by atoms with Gasteiger partial charge in [-0.3, -0.25) is 0 Å². The Morgan fingerprint density at radius 1 is 1.56 bits per heavy atom. The molecule has 0 atom stereocenters. The summed E-state index contributed by atoms with van der Waals surface area (Å²) < 4.78 is 0. The summed E-state index contributed by atoms with van der Waals surface area (Å²) in [6.45, 7) is 5.82. The van der Waals surface area contributed by atoms with E-state index in [1.54, 1.807) is 6.20 Å². The number of hydrogen-bond donors (Lipinski definition) is 1. The lowest BCUT2D eigenvalue weighted by Crippen LogP contribution is -2.28. The summed E-state index contributed by atoms with van der Waals surface area (Å²) in [5, 5.41) is 12.2. The van der Waals surface area contributed by atoms with Gasteiger partial charge in [-0.2, -0.15) is 5.26 Å². The Labute approximate surface area is 96.9 Å². The Morgan fingerprint density at radius 3 is 3.06 bits per heavy atom. The van der Waals surface area contributed by atoms with Crippen LogP contribution in [0.15, 0.2) is 18.3 Å². The fourth-order valence-corrected chi connectivity index (χ4v) is 1.33. The predicted octanol–water partition coefficient (Wildman–Crippen LogP) is 0.995. The van der Waals surface area contributed by atoms with E-state index in [1.807, 2.05) is 12.1 Å². The molecule has 0 bridgehead atoms. The maximum Gasteiger partial charge on any atom is 0.144 e. The monoisotopic (exact) mass is 218 g/mol. The van der Waals surface area contributed by atoms with Gasteiger partial charge in [-0.15, -0.1) is 0 Å². The lowest BCUT2D eigenvalue weighted by atomic mass is 10.2. The molecule has 0 aliphatic heterocycles. The molecule has 0 saturated heterocycles. The van der Waals surface area contributed by atoms with Gasteiger partial charge in [0, 0.05) is 31.4 Å². The zero-order valence-electron chi connectivity index (χ0n) is 9.90. The van der Waals surface area contributed by atoms with Crippen LogP contribution in [0.1, 0.15) is 18.2 Å². The van der Waals surface area contributed by atoms with Gasteiger partial charge in [-0.05, 0) is 19.7 Å². The predicted molar refractivity (Wildman–Crippen MR) is 63.8 cm³/mol. The van der Waals surface area contributed by atoms with Gasteiger partial charge in [-0.25, -0.2) is 4.98 Å². The molecule has 86 valence electrons. The van der Waals surface area contributed by atoms with Crippen molar-refractivity contribution in [2.75, 3.05) is 26.7 Å². The van der Waals surface area contributed by atoms with Gasteiger partial charge in [0.1, 0.15) is 11.8 Å². The fraction of sp³-hybridized carbons (Fsp3) is 0.500. The first kappa shape index (κ1) is 12.6. The molecule has 1 rings (SSSR count). The second-order valence-corrected chi connectivity index (χ2v) is 3.70. The summed E-state index contributed by atoms with van der Waals surface area (Å²) in [5.74, 6) is 0. The molecule has 0 aromatic carbocycles. The van der Waals surface area contributed by atoms with E-state index in [0.717, 1.165) is 25.2 Å². The van der Waals surface area contributed by atoms with Crippen molar-refractivity contribution in [3.05, 3.63) is 29.6 Å². The fourth-order valence-electron chi connectivity index (χ4n) is 1.33. The number of rotatable bonds is 6. The molecule has 1 N–H and O–H groups in total. The third-order valence-corrected chi connectivity index (χ3v) is 2.52. The van der Waals surface area contributed by atoms with Gasteiger partial charge in [0.25, 0.3) is 0 Å². The quantitative estimate of drug-likeness (QED) is 0.724. The van der Waals surface area contributed by atoms with E-state index in [1.165, 1.54) is 0 Å². The Kier molecular flexibility index (Phi) is 5.48. The molecule has 4 heteroatoms. The SMILES string of the molecule is CCN(C)CCNCc1cccnc1C#N. The van der Waals surface area contributed by atoms with Gasteiger partial charge in [-0.1, -0.05) is 13.0 Å². The zero-order valence-corrected chi connectivity index (χ0v) is 9.90. The molecular weight excluding hydrogens is 200 g/mol. The zero-order chi connectivity index (χ0) is 11.8. The molecule has 0 amide bonds. The lowest BCUT2D eigenvalue weighted by Gasteiger charge is -2.14. The van der Waals surface area contributed by atoms with Crippen molar-refractivity contribution in [2.45, 2.75) is 13.5 Å². The molecule has 0 aliphatic carbocycles. The molecule has 16 heavy (non-hydrogen) atoms. The maximum atomic E-state index is 8.85. The molecule has 0 radical (unpaired) electrons. The molecule has 1 aromatic heterocycles. The van der Waals surface area contributed by atoms with Crippen LogP contribution in [0.5, 0.6) is 0 Å². The highest BCUT2D eigenvalue weighted by molar-refractivity contribution is 5.30. The average Bonchev–Trinajstić information content (AvgIpc) is 2.34. The number of aromatic nitrogens is 1. The number of nitriles is 1. The van der Waals surface area contributed by atoms with Gasteiger partial charge < -0.3 is 10.2 Å². The maximum absolute atomic E-state index is 8.85. The number of pyridine rings is 1. The van der Waals surface area contributed by atoms with E-state index in [0.29, 0.717) is 12.2 Å². The molecule has 1 heterocycles. The van der Waals surface area contributed by atoms with Gasteiger partial charge in [0.05, 0.1) is 0 Å². The Balaban J connectivity index is 2.35. The number of nitrogens with one attached hydrogen (secondary N) is 1. The summed E-state index contributed by atoms with van der Waals surface area (Å²) in [7, 11) is 2.09. The normalized spacial score (nSPS) is 10.4. The van der Waals surface area contributed by atoms with Crippen molar-refractivity contribution in [2.24, 2.45) is 0 Å². The third-order valence-electron chi connectivity index (χ3n) is 2.52. The molecule has 0 spiro atoms. The first-order chi connectivity index (χ1) is 7.77. The van der Waals surface area contributed by atoms with Crippen LogP contribution in [0.2, 0.25) is 0 Å². The summed E-state index contributed by atoms with van der Waals surface area (Å²) in [4.78, 5) is 6.25. The third kappa shape index (κ3) is 3.97. The first-order valence-corrected chi connectivity index (χ1v) is 5.51. The summed E-state index contributed by atoms with van der Waals surface area (Å²) in [5.41, 5.74) is 1.47. The lowest BCUT2D eigenvalue weighted by molar-refractivity contribution is 0.349. The van der Waals surface area contributed by atoms with Crippen LogP contribution < -0.4 is 5.32 Å². The van der Waals surface area contributed by atoms with E-state index in [9.17, 15) is 0 Å². The van der Waals surface area contributed by atoms with Crippen molar-refractivity contribution in [1.82, 2.24) is 15.2 Å². The largest absolute Gasteiger partial charge is 0.311 e. The summed E-state index contributed by atoms with van der Waals surface area (Å²) in [6, 6.07) is 5.88. The van der Waals surface area contributed by atoms with Crippen LogP contribution in [0.3, 0.4) is 0 Å². The summed E-state index contributed by atoms with van der Waals surface area (Å²) in [6.07, 6.45) is 1.65. The van der Waals surface area contributed by atoms with Gasteiger partial charge in [0.2, 0.25) is 0 Å². The molecule has 0 fully saturated rings. The molecule has 4 nitrogen and oxygen atoms in total. The van der Waals surface area contributed by atoms with Crippen molar-refractivity contribution in [1.29, 1.82) is 5.26 Å². The van der Waals surface area contributed by atoms with Crippen LogP contribution in [0.25, 0.3) is 0 Å². The second kappa shape index (κ2) is 6.94. The Bertz CT molecular complexity index is 356. The van der Waals surface area contributed by atoms with Crippen molar-refractivity contribution in [3.8, 4) is 6.07 Å². The minimum absolute atomic E-state index is 0.513. The summed E-state index contributed by atoms with van der Waals surface area (Å²) >= 11 is 0. The first-order valence-electron chi connectivity index (χ1n) is 5.51. The standard InChI is InChI=1S/C12H18N4/c1-3-16(2)8-7-14-10-11-5-4-6-15-12(11)9-13/h4-6,14H,3,7-8,10H2,1-2H3. The van der Waals surface area contributed by atoms with Crippen molar-refractivity contribution in [3.63, 3.8) is 0 Å². The molecule has 1 aromatic rings. The van der Waals surface area contributed by atoms with Crippen LogP contribution >= 0.6 is 0 Å². The number of hydrogen-bond acceptors (Lipinski definition) is 4. The van der Waals surface area contributed by atoms with Crippen LogP contribution in [0, 0.1) is 11.3 Å². The Morgan fingerprint density at radius 2 is 2.38 bits per heavy atom. The van der Waals surface area contributed by atoms with Gasteiger partial charge >= 0.3 is 0 Å². The van der Waals surface area contributed by atoms with E-state index < -0.39 is 0 Å². The minimum atomic E-state index is 0.513. The van der Waals surface area contributed by atoms with E-state index in [2.05, 4.69) is 35.2 Å². The van der Waals surface area contributed by atoms with E-state index in [-0.39, 0.29) is 0 Å². The van der Waals surface area contributed by atoms with Gasteiger partial charge in [0.15, 0.2) is 0 Å². The van der Waals surface area contributed by atoms with Crippen molar-refractivity contribution >= 4 is 0 Å². The average molecular weight is 218 g/mol. The second-order valence-electron chi connectivity index (χ2n) is 3.70. The smallest absolute Gasteiger partial charge is 0.144 e. The molecule has 0 aliphatic rings. The van der Waals surface area contributed by atoms with Crippen LogP contribution in [0.4, 0.5) is 0 Å². The van der Waals surface area contributed by atoms with E-state index >= 15 is 0 Å². The molecular formula is C12H18N4. The van der Waals surface area contributed by atoms with Crippen molar-refractivity contribution < 1.29 is 0 Å².